The third-order valence-corrected chi connectivity index (χ3v) is 2.99. The first kappa shape index (κ1) is 17.0. The largest absolute Gasteiger partial charge is 0.503 e. The molecule has 0 bridgehead atoms. The molecule has 2 rings (SSSR count). The Morgan fingerprint density at radius 2 is 0.696 bits per heavy atom. The second-order valence-corrected chi connectivity index (χ2v) is 4.31. The quantitative estimate of drug-likeness (QED) is 0.490. The highest BCUT2D eigenvalue weighted by Crippen LogP contribution is 2.32. The Bertz CT molecular complexity index is 691. The number of phenols is 1. The van der Waals surface area contributed by atoms with E-state index in [1.54, 1.807) is 0 Å². The van der Waals surface area contributed by atoms with Crippen LogP contribution in [0.5, 0.6) is 5.75 Å². The van der Waals surface area contributed by atoms with E-state index < -0.39 is 75.7 Å². The topological polar surface area (TPSA) is 20.2 Å². The third-order valence-electron chi connectivity index (χ3n) is 2.99. The number of hydrogen-bond acceptors (Lipinski definition) is 1. The van der Waals surface area contributed by atoms with Crippen molar-refractivity contribution in [3.8, 4) is 5.75 Å². The van der Waals surface area contributed by atoms with Crippen molar-refractivity contribution in [3.63, 3.8) is 0 Å². The van der Waals surface area contributed by atoms with Gasteiger partial charge in [0.15, 0.2) is 40.7 Å². The van der Waals surface area contributed by atoms with Crippen molar-refractivity contribution in [1.82, 2.24) is 0 Å². The fraction of sp³-hybridized carbons (Fsp3) is 0.0769. The molecule has 1 nitrogen and oxygen atoms in total. The lowest BCUT2D eigenvalue weighted by Gasteiger charge is -2.11. The number of phenolic OH excluding ortho intramolecular Hbond substituents is 1. The van der Waals surface area contributed by atoms with Crippen LogP contribution >= 0.6 is 0 Å². The predicted octanol–water partition coefficient (Wildman–Crippen LogP) is 4.23. The first-order valence-corrected chi connectivity index (χ1v) is 5.63. The molecule has 2 aromatic carbocycles. The molecule has 0 aliphatic carbocycles. The molecule has 0 amide bonds. The summed E-state index contributed by atoms with van der Waals surface area (Å²) in [5, 5.41) is 8.74. The minimum Gasteiger partial charge on any atom is -0.503 e. The Kier molecular flexibility index (Phi) is 4.18. The Labute approximate surface area is 121 Å². The number of halogens is 9. The summed E-state index contributed by atoms with van der Waals surface area (Å²) in [6.07, 6.45) is -1.68. The molecule has 10 heteroatoms. The summed E-state index contributed by atoms with van der Waals surface area (Å²) in [5.41, 5.74) is -3.34. The van der Waals surface area contributed by atoms with Crippen molar-refractivity contribution in [1.29, 1.82) is 0 Å². The average Bonchev–Trinajstić information content (AvgIpc) is 2.54. The summed E-state index contributed by atoms with van der Waals surface area (Å²) in [5.74, 6) is -23.1. The van der Waals surface area contributed by atoms with Crippen molar-refractivity contribution in [2.75, 3.05) is 0 Å². The van der Waals surface area contributed by atoms with Gasteiger partial charge in [0.05, 0.1) is 0 Å². The van der Waals surface area contributed by atoms with Crippen LogP contribution in [0, 0.1) is 52.4 Å². The zero-order valence-corrected chi connectivity index (χ0v) is 10.6. The number of aromatic hydroxyl groups is 1. The second-order valence-electron chi connectivity index (χ2n) is 4.31. The van der Waals surface area contributed by atoms with Crippen LogP contribution in [0.4, 0.5) is 39.5 Å². The van der Waals surface area contributed by atoms with E-state index in [-0.39, 0.29) is 0 Å². The molecular weight excluding hydrogens is 343 g/mol. The fourth-order valence-electron chi connectivity index (χ4n) is 1.80. The van der Waals surface area contributed by atoms with E-state index in [4.69, 9.17) is 5.11 Å². The summed E-state index contributed by atoms with van der Waals surface area (Å²) in [4.78, 5) is 0. The van der Waals surface area contributed by atoms with E-state index in [0.717, 1.165) is 0 Å². The SMILES string of the molecule is Oc1c(F)c(F)c(Cc2c(F)c(F)c(F)c(F)c2F)c(F)c1F. The molecule has 0 atom stereocenters. The number of benzene rings is 2. The molecule has 0 radical (unpaired) electrons. The van der Waals surface area contributed by atoms with Crippen LogP contribution in [-0.2, 0) is 6.42 Å². The summed E-state index contributed by atoms with van der Waals surface area (Å²) in [6.45, 7) is 0. The molecule has 1 N–H and O–H groups in total. The maximum atomic E-state index is 13.5. The van der Waals surface area contributed by atoms with Crippen LogP contribution in [0.1, 0.15) is 11.1 Å². The normalized spacial score (nSPS) is 11.2. The van der Waals surface area contributed by atoms with Crippen molar-refractivity contribution in [3.05, 3.63) is 63.5 Å². The van der Waals surface area contributed by atoms with Crippen LogP contribution in [0.2, 0.25) is 0 Å². The Balaban J connectivity index is 2.71. The molecule has 0 aliphatic rings. The van der Waals surface area contributed by atoms with Crippen molar-refractivity contribution in [2.24, 2.45) is 0 Å². The molecule has 0 spiro atoms. The first-order chi connectivity index (χ1) is 10.6. The van der Waals surface area contributed by atoms with Gasteiger partial charge in [-0.2, -0.15) is 8.78 Å². The minimum atomic E-state index is -2.51. The molecule has 0 saturated carbocycles. The van der Waals surface area contributed by atoms with E-state index in [9.17, 15) is 39.5 Å². The Hall–Kier alpha value is -2.39. The molecule has 0 unspecified atom stereocenters. The van der Waals surface area contributed by atoms with E-state index >= 15 is 0 Å². The lowest BCUT2D eigenvalue weighted by Crippen LogP contribution is -2.11. The predicted molar refractivity (Wildman–Crippen MR) is 57.0 cm³/mol. The third kappa shape index (κ3) is 2.47. The Morgan fingerprint density at radius 3 is 1.04 bits per heavy atom. The van der Waals surface area contributed by atoms with Gasteiger partial charge in [-0.3, -0.25) is 0 Å². The monoisotopic (exact) mass is 346 g/mol. The highest BCUT2D eigenvalue weighted by molar-refractivity contribution is 5.37. The molecule has 0 aromatic heterocycles. The Morgan fingerprint density at radius 1 is 0.435 bits per heavy atom. The molecule has 0 saturated heterocycles. The minimum absolute atomic E-state index is 1.65. The second kappa shape index (κ2) is 5.67. The van der Waals surface area contributed by atoms with E-state index in [0.29, 0.717) is 0 Å². The molecule has 0 fully saturated rings. The van der Waals surface area contributed by atoms with Gasteiger partial charge in [-0.15, -0.1) is 0 Å². The van der Waals surface area contributed by atoms with Crippen molar-refractivity contribution >= 4 is 0 Å². The van der Waals surface area contributed by atoms with Gasteiger partial charge in [-0.05, 0) is 0 Å². The summed E-state index contributed by atoms with van der Waals surface area (Å²) < 4.78 is 119. The molecule has 23 heavy (non-hydrogen) atoms. The molecular formula is C13H3F9O. The zero-order chi connectivity index (χ0) is 17.6. The van der Waals surface area contributed by atoms with E-state index in [1.807, 2.05) is 0 Å². The van der Waals surface area contributed by atoms with Gasteiger partial charge in [-0.1, -0.05) is 0 Å². The molecule has 2 aromatic rings. The summed E-state index contributed by atoms with van der Waals surface area (Å²) in [6, 6.07) is 0. The van der Waals surface area contributed by atoms with Gasteiger partial charge in [0, 0.05) is 17.5 Å². The van der Waals surface area contributed by atoms with Gasteiger partial charge in [0.1, 0.15) is 0 Å². The van der Waals surface area contributed by atoms with Gasteiger partial charge < -0.3 is 5.11 Å². The maximum absolute atomic E-state index is 13.5. The zero-order valence-electron chi connectivity index (χ0n) is 10.6. The van der Waals surface area contributed by atoms with Gasteiger partial charge >= 0.3 is 0 Å². The summed E-state index contributed by atoms with van der Waals surface area (Å²) in [7, 11) is 0. The first-order valence-electron chi connectivity index (χ1n) is 5.63. The molecule has 124 valence electrons. The lowest BCUT2D eigenvalue weighted by molar-refractivity contribution is 0.349. The van der Waals surface area contributed by atoms with E-state index in [2.05, 4.69) is 0 Å². The summed E-state index contributed by atoms with van der Waals surface area (Å²) >= 11 is 0. The highest BCUT2D eigenvalue weighted by atomic mass is 19.2. The van der Waals surface area contributed by atoms with Gasteiger partial charge in [-0.25, -0.2) is 30.7 Å². The van der Waals surface area contributed by atoms with Crippen molar-refractivity contribution in [2.45, 2.75) is 6.42 Å². The van der Waals surface area contributed by atoms with Gasteiger partial charge in [0.2, 0.25) is 17.5 Å². The molecule has 0 heterocycles. The van der Waals surface area contributed by atoms with Crippen molar-refractivity contribution < 1.29 is 44.6 Å². The van der Waals surface area contributed by atoms with E-state index in [1.165, 1.54) is 0 Å². The maximum Gasteiger partial charge on any atom is 0.203 e. The lowest BCUT2D eigenvalue weighted by atomic mass is 10.0. The van der Waals surface area contributed by atoms with Crippen LogP contribution in [-0.4, -0.2) is 5.11 Å². The number of rotatable bonds is 2. The molecule has 0 aliphatic heterocycles. The van der Waals surface area contributed by atoms with Crippen LogP contribution < -0.4 is 0 Å². The van der Waals surface area contributed by atoms with Crippen LogP contribution in [0.25, 0.3) is 0 Å². The fourth-order valence-corrected chi connectivity index (χ4v) is 1.80. The van der Waals surface area contributed by atoms with Crippen LogP contribution in [0.15, 0.2) is 0 Å². The average molecular weight is 346 g/mol. The van der Waals surface area contributed by atoms with Crippen LogP contribution in [0.3, 0.4) is 0 Å². The highest BCUT2D eigenvalue weighted by Gasteiger charge is 2.30. The smallest absolute Gasteiger partial charge is 0.203 e. The standard InChI is InChI=1S/C13H3F9O/c14-4-2(5(15)9(19)10(20)8(4)18)1-3-6(16)11(21)13(23)12(22)7(3)17/h23H,1H2. The van der Waals surface area contributed by atoms with Gasteiger partial charge in [0.25, 0.3) is 0 Å². The number of hydrogen-bond donors (Lipinski definition) is 1.